The minimum Gasteiger partial charge on any atom is -0.274 e. The van der Waals surface area contributed by atoms with Gasteiger partial charge in [-0.2, -0.15) is 10.1 Å². The van der Waals surface area contributed by atoms with E-state index < -0.39 is 0 Å². The van der Waals surface area contributed by atoms with Gasteiger partial charge < -0.3 is 0 Å². The lowest BCUT2D eigenvalue weighted by Gasteiger charge is -2.22. The molecule has 0 N–H and O–H groups in total. The Balaban J connectivity index is 2.17. The predicted octanol–water partition coefficient (Wildman–Crippen LogP) is 3.71. The minimum atomic E-state index is -0.147. The Morgan fingerprint density at radius 1 is 1.04 bits per heavy atom. The number of benzene rings is 1. The number of nitrogens with zero attached hydrogens (tertiary/aromatic N) is 4. The maximum atomic E-state index is 12.5. The molecule has 2 aromatic rings. The maximum absolute atomic E-state index is 12.5. The van der Waals surface area contributed by atoms with Crippen LogP contribution in [-0.4, -0.2) is 26.4 Å². The predicted molar refractivity (Wildman–Crippen MR) is 99.1 cm³/mol. The van der Waals surface area contributed by atoms with Crippen molar-refractivity contribution in [2.75, 3.05) is 5.01 Å². The lowest BCUT2D eigenvalue weighted by molar-refractivity contribution is -0.118. The van der Waals surface area contributed by atoms with E-state index in [-0.39, 0.29) is 11.8 Å². The standard InChI is InChI=1S/C18H20N4O2S/c1-4-13-19-16-18(21(13)14(23)5-2)25-17(12-10-8-7-9-11-12)20-22(16)15(24)6-3/h7-11H,4-6H2,1-3H3. The van der Waals surface area contributed by atoms with Crippen LogP contribution in [0.15, 0.2) is 40.5 Å². The average molecular weight is 356 g/mol. The molecule has 3 rings (SSSR count). The first kappa shape index (κ1) is 17.4. The highest BCUT2D eigenvalue weighted by atomic mass is 32.2. The summed E-state index contributed by atoms with van der Waals surface area (Å²) in [6.07, 6.45) is 1.29. The minimum absolute atomic E-state index is 0.0312. The lowest BCUT2D eigenvalue weighted by Crippen LogP contribution is -2.29. The van der Waals surface area contributed by atoms with E-state index in [1.54, 1.807) is 11.5 Å². The average Bonchev–Trinajstić information content (AvgIpc) is 3.05. The highest BCUT2D eigenvalue weighted by Gasteiger charge is 2.32. The molecule has 1 aromatic carbocycles. The van der Waals surface area contributed by atoms with Gasteiger partial charge in [0.05, 0.1) is 0 Å². The zero-order valence-corrected chi connectivity index (χ0v) is 15.3. The van der Waals surface area contributed by atoms with Crippen LogP contribution in [0, 0.1) is 0 Å². The fourth-order valence-electron chi connectivity index (χ4n) is 2.59. The number of hydrazone groups is 1. The first-order valence-corrected chi connectivity index (χ1v) is 9.21. The Hall–Kier alpha value is -2.41. The molecule has 0 aliphatic carbocycles. The van der Waals surface area contributed by atoms with E-state index in [1.165, 1.54) is 16.8 Å². The van der Waals surface area contributed by atoms with Gasteiger partial charge in [-0.1, -0.05) is 51.1 Å². The van der Waals surface area contributed by atoms with E-state index in [9.17, 15) is 9.59 Å². The molecule has 25 heavy (non-hydrogen) atoms. The summed E-state index contributed by atoms with van der Waals surface area (Å²) in [5.74, 6) is 0.931. The van der Waals surface area contributed by atoms with Crippen LogP contribution in [0.5, 0.6) is 0 Å². The van der Waals surface area contributed by atoms with Gasteiger partial charge in [0.25, 0.3) is 0 Å². The van der Waals surface area contributed by atoms with Crippen molar-refractivity contribution >= 4 is 34.4 Å². The van der Waals surface area contributed by atoms with E-state index >= 15 is 0 Å². The Morgan fingerprint density at radius 2 is 1.72 bits per heavy atom. The summed E-state index contributed by atoms with van der Waals surface area (Å²) in [7, 11) is 0. The second kappa shape index (κ2) is 7.23. The molecule has 0 spiro atoms. The first-order valence-electron chi connectivity index (χ1n) is 8.40. The first-order chi connectivity index (χ1) is 12.1. The SMILES string of the molecule is CCC(=O)N1N=C(c2ccccc2)Sc2c1nc(CC)n2C(=O)CC. The molecule has 2 heterocycles. The summed E-state index contributed by atoms with van der Waals surface area (Å²) in [5.41, 5.74) is 0.904. The third-order valence-corrected chi connectivity index (χ3v) is 4.97. The Labute approximate surface area is 150 Å². The van der Waals surface area contributed by atoms with Gasteiger partial charge in [-0.3, -0.25) is 14.2 Å². The highest BCUT2D eigenvalue weighted by Crippen LogP contribution is 2.38. The van der Waals surface area contributed by atoms with E-state index in [4.69, 9.17) is 0 Å². The second-order valence-electron chi connectivity index (χ2n) is 5.53. The van der Waals surface area contributed by atoms with Crippen molar-refractivity contribution in [2.24, 2.45) is 5.10 Å². The largest absolute Gasteiger partial charge is 0.274 e. The van der Waals surface area contributed by atoms with Gasteiger partial charge in [0.1, 0.15) is 15.9 Å². The number of carbonyl (C=O) groups is 2. The van der Waals surface area contributed by atoms with Crippen LogP contribution < -0.4 is 5.01 Å². The zero-order valence-electron chi connectivity index (χ0n) is 14.5. The summed E-state index contributed by atoms with van der Waals surface area (Å²) in [6, 6.07) is 9.65. The maximum Gasteiger partial charge on any atom is 0.248 e. The summed E-state index contributed by atoms with van der Waals surface area (Å²) >= 11 is 1.38. The quantitative estimate of drug-likeness (QED) is 0.837. The van der Waals surface area contributed by atoms with Crippen molar-refractivity contribution in [2.45, 2.75) is 45.1 Å². The van der Waals surface area contributed by atoms with Crippen molar-refractivity contribution in [1.82, 2.24) is 9.55 Å². The van der Waals surface area contributed by atoms with E-state index in [2.05, 4.69) is 10.1 Å². The molecule has 0 atom stereocenters. The van der Waals surface area contributed by atoms with Crippen molar-refractivity contribution in [1.29, 1.82) is 0 Å². The third-order valence-electron chi connectivity index (χ3n) is 3.90. The number of amides is 1. The monoisotopic (exact) mass is 356 g/mol. The molecule has 1 aromatic heterocycles. The van der Waals surface area contributed by atoms with Gasteiger partial charge in [0.2, 0.25) is 11.8 Å². The number of fused-ring (bicyclic) bond motifs is 1. The molecule has 1 aliphatic rings. The summed E-state index contributed by atoms with van der Waals surface area (Å²) in [6.45, 7) is 5.56. The number of rotatable bonds is 4. The molecule has 130 valence electrons. The van der Waals surface area contributed by atoms with Crippen LogP contribution in [0.2, 0.25) is 0 Å². The topological polar surface area (TPSA) is 67.6 Å². The molecular weight excluding hydrogens is 336 g/mol. The number of imidazole rings is 1. The Bertz CT molecular complexity index is 842. The van der Waals surface area contributed by atoms with Crippen LogP contribution >= 0.6 is 11.8 Å². The summed E-state index contributed by atoms with van der Waals surface area (Å²) in [4.78, 5) is 29.4. The number of aryl methyl sites for hydroxylation is 1. The van der Waals surface area contributed by atoms with Crippen LogP contribution in [0.25, 0.3) is 0 Å². The molecule has 1 amide bonds. The summed E-state index contributed by atoms with van der Waals surface area (Å²) < 4.78 is 1.63. The lowest BCUT2D eigenvalue weighted by atomic mass is 10.2. The van der Waals surface area contributed by atoms with E-state index in [1.807, 2.05) is 44.2 Å². The number of thioether (sulfide) groups is 1. The van der Waals surface area contributed by atoms with Crippen LogP contribution in [0.4, 0.5) is 5.82 Å². The van der Waals surface area contributed by atoms with Gasteiger partial charge in [0.15, 0.2) is 5.82 Å². The number of aromatic nitrogens is 2. The van der Waals surface area contributed by atoms with Crippen molar-refractivity contribution in [3.05, 3.63) is 41.7 Å². The van der Waals surface area contributed by atoms with Crippen molar-refractivity contribution in [3.8, 4) is 0 Å². The zero-order chi connectivity index (χ0) is 18.0. The Morgan fingerprint density at radius 3 is 2.32 bits per heavy atom. The fraction of sp³-hybridized carbons (Fsp3) is 0.333. The molecule has 0 unspecified atom stereocenters. The van der Waals surface area contributed by atoms with E-state index in [0.717, 1.165) is 5.56 Å². The number of anilines is 1. The van der Waals surface area contributed by atoms with Crippen LogP contribution in [0.1, 0.15) is 49.8 Å². The molecule has 0 radical (unpaired) electrons. The normalized spacial score (nSPS) is 13.4. The summed E-state index contributed by atoms with van der Waals surface area (Å²) in [5, 5.41) is 7.20. The molecule has 0 bridgehead atoms. The van der Waals surface area contributed by atoms with Crippen LogP contribution in [-0.2, 0) is 11.2 Å². The molecule has 6 nitrogen and oxygen atoms in total. The number of hydrogen-bond acceptors (Lipinski definition) is 5. The molecule has 0 fully saturated rings. The Kier molecular flexibility index (Phi) is 5.03. The smallest absolute Gasteiger partial charge is 0.248 e. The van der Waals surface area contributed by atoms with Gasteiger partial charge in [0, 0.05) is 24.8 Å². The van der Waals surface area contributed by atoms with Crippen LogP contribution in [0.3, 0.4) is 0 Å². The third kappa shape index (κ3) is 3.11. The van der Waals surface area contributed by atoms with Gasteiger partial charge in [-0.25, -0.2) is 4.98 Å². The molecule has 0 saturated carbocycles. The van der Waals surface area contributed by atoms with Gasteiger partial charge >= 0.3 is 0 Å². The van der Waals surface area contributed by atoms with Gasteiger partial charge in [-0.15, -0.1) is 0 Å². The van der Waals surface area contributed by atoms with Crippen molar-refractivity contribution < 1.29 is 9.59 Å². The molecule has 7 heteroatoms. The number of hydrogen-bond donors (Lipinski definition) is 0. The van der Waals surface area contributed by atoms with Crippen molar-refractivity contribution in [3.63, 3.8) is 0 Å². The molecular formula is C18H20N4O2S. The van der Waals surface area contributed by atoms with Gasteiger partial charge in [-0.05, 0) is 11.8 Å². The molecule has 1 aliphatic heterocycles. The second-order valence-corrected chi connectivity index (χ2v) is 6.50. The van der Waals surface area contributed by atoms with E-state index in [0.29, 0.717) is 41.0 Å². The number of carbonyl (C=O) groups excluding carboxylic acids is 2. The fourth-order valence-corrected chi connectivity index (χ4v) is 3.67. The highest BCUT2D eigenvalue weighted by molar-refractivity contribution is 8.14. The molecule has 0 saturated heterocycles.